The molecule has 11 N–H and O–H groups in total. The number of hydrogen-bond donors (Lipinski definition) is 11. The summed E-state index contributed by atoms with van der Waals surface area (Å²) >= 11 is 0. The zero-order valence-electron chi connectivity index (χ0n) is 34.6. The second kappa shape index (κ2) is 27.0. The fourth-order valence-corrected chi connectivity index (χ4v) is 7.23. The molecule has 3 rings (SSSR count). The van der Waals surface area contributed by atoms with Crippen molar-refractivity contribution >= 4 is 17.7 Å². The summed E-state index contributed by atoms with van der Waals surface area (Å²) in [6.07, 6.45) is -10.5. The average Bonchev–Trinajstić information content (AvgIpc) is 3.21. The second-order valence-electron chi connectivity index (χ2n) is 15.6. The van der Waals surface area contributed by atoms with E-state index >= 15 is 0 Å². The zero-order chi connectivity index (χ0) is 43.5. The van der Waals surface area contributed by atoms with Crippen LogP contribution in [-0.2, 0) is 42.8 Å². The number of carbonyl (C=O) groups is 3. The minimum absolute atomic E-state index is 0.0555. The second-order valence-corrected chi connectivity index (χ2v) is 15.6. The number of amides is 3. The van der Waals surface area contributed by atoms with E-state index in [0.29, 0.717) is 19.4 Å². The SMILES string of the molecule is CCCCCCCCCC(=O)NCCCCCC(=O)NCCCO[C@@H]1OC(CO)[C@H](O)[C@H](O[C@@H]2OC(CO)[C@H](O)[C@H](O)C2NC(C)=O)C1O[C@@H]1OC(C)[C@H](O)[C@@H](O)C1O. The summed E-state index contributed by atoms with van der Waals surface area (Å²) in [7, 11) is 0. The van der Waals surface area contributed by atoms with Crippen molar-refractivity contribution in [2.75, 3.05) is 32.9 Å². The van der Waals surface area contributed by atoms with Crippen LogP contribution in [0.25, 0.3) is 0 Å². The molecule has 3 saturated heterocycles. The highest BCUT2D eigenvalue weighted by atomic mass is 16.8. The number of rotatable bonds is 26. The van der Waals surface area contributed by atoms with Gasteiger partial charge in [0.05, 0.1) is 25.9 Å². The molecule has 0 aromatic carbocycles. The summed E-state index contributed by atoms with van der Waals surface area (Å²) in [6.45, 7) is 3.95. The summed E-state index contributed by atoms with van der Waals surface area (Å²) < 4.78 is 35.3. The highest BCUT2D eigenvalue weighted by molar-refractivity contribution is 5.76. The predicted molar refractivity (Wildman–Crippen MR) is 207 cm³/mol. The van der Waals surface area contributed by atoms with Crippen LogP contribution in [0.5, 0.6) is 0 Å². The first-order valence-corrected chi connectivity index (χ1v) is 21.2. The standard InChI is InChI=1S/C39H71N3O17/c1-4-5-6-7-8-9-11-15-26(46)40-17-13-10-12-16-27(47)41-18-14-19-54-39-36(59-38-34(53)33(52)29(48)22(2)55-38)35(31(50)25(21-44)57-39)58-37-28(42-23(3)45)32(51)30(49)24(20-43)56-37/h22,24-25,28-39,43-44,48-53H,4-21H2,1-3H3,(H,40,46)(H,41,47)(H,42,45)/t22?,24?,25?,28?,29-,30-,31-,32+,33+,34?,35-,36?,37-,38-,39+/m0/s1. The van der Waals surface area contributed by atoms with E-state index < -0.39 is 111 Å². The highest BCUT2D eigenvalue weighted by Gasteiger charge is 2.54. The Balaban J connectivity index is 1.56. The minimum atomic E-state index is -1.81. The predicted octanol–water partition coefficient (Wildman–Crippen LogP) is -2.05. The Morgan fingerprint density at radius 2 is 1.12 bits per heavy atom. The first kappa shape index (κ1) is 51.2. The number of aliphatic hydroxyl groups excluding tert-OH is 8. The van der Waals surface area contributed by atoms with Gasteiger partial charge in [-0.1, -0.05) is 51.9 Å². The van der Waals surface area contributed by atoms with E-state index in [9.17, 15) is 55.2 Å². The molecule has 0 bridgehead atoms. The largest absolute Gasteiger partial charge is 0.394 e. The minimum Gasteiger partial charge on any atom is -0.394 e. The Morgan fingerprint density at radius 1 is 0.576 bits per heavy atom. The molecular weight excluding hydrogens is 782 g/mol. The molecule has 3 fully saturated rings. The lowest BCUT2D eigenvalue weighted by atomic mass is 9.95. The maximum Gasteiger partial charge on any atom is 0.219 e. The Labute approximate surface area is 346 Å². The molecule has 3 aliphatic rings. The summed E-state index contributed by atoms with van der Waals surface area (Å²) in [6, 6.07) is -1.43. The molecule has 3 amide bonds. The van der Waals surface area contributed by atoms with Crippen LogP contribution in [0.3, 0.4) is 0 Å². The summed E-state index contributed by atoms with van der Waals surface area (Å²) in [5.74, 6) is -0.759. The summed E-state index contributed by atoms with van der Waals surface area (Å²) in [4.78, 5) is 36.6. The van der Waals surface area contributed by atoms with E-state index in [1.165, 1.54) is 32.6 Å². The zero-order valence-corrected chi connectivity index (χ0v) is 34.6. The summed E-state index contributed by atoms with van der Waals surface area (Å²) in [5, 5.41) is 92.3. The molecule has 344 valence electrons. The van der Waals surface area contributed by atoms with Crippen LogP contribution in [0, 0.1) is 0 Å². The van der Waals surface area contributed by atoms with Crippen LogP contribution in [0.2, 0.25) is 0 Å². The highest BCUT2D eigenvalue weighted by Crippen LogP contribution is 2.34. The smallest absolute Gasteiger partial charge is 0.219 e. The van der Waals surface area contributed by atoms with E-state index in [1.807, 2.05) is 0 Å². The lowest BCUT2D eigenvalue weighted by Crippen LogP contribution is -2.68. The van der Waals surface area contributed by atoms with Crippen molar-refractivity contribution in [3.8, 4) is 0 Å². The first-order valence-electron chi connectivity index (χ1n) is 21.2. The summed E-state index contributed by atoms with van der Waals surface area (Å²) in [5.41, 5.74) is 0. The van der Waals surface area contributed by atoms with Gasteiger partial charge in [-0.25, -0.2) is 0 Å². The molecular formula is C39H71N3O17. The third-order valence-corrected chi connectivity index (χ3v) is 10.8. The normalized spacial score (nSPS) is 34.9. The van der Waals surface area contributed by atoms with Crippen molar-refractivity contribution in [3.63, 3.8) is 0 Å². The molecule has 59 heavy (non-hydrogen) atoms. The van der Waals surface area contributed by atoms with Gasteiger partial charge in [-0.05, 0) is 32.6 Å². The Hall–Kier alpha value is -2.15. The van der Waals surface area contributed by atoms with Gasteiger partial charge < -0.3 is 85.2 Å². The molecule has 0 aliphatic carbocycles. The Bertz CT molecular complexity index is 1220. The van der Waals surface area contributed by atoms with Crippen LogP contribution in [0.1, 0.15) is 104 Å². The number of nitrogens with one attached hydrogen (secondary N) is 3. The van der Waals surface area contributed by atoms with Crippen LogP contribution < -0.4 is 16.0 Å². The van der Waals surface area contributed by atoms with Crippen molar-refractivity contribution < 1.29 is 83.7 Å². The lowest BCUT2D eigenvalue weighted by molar-refractivity contribution is -0.385. The fraction of sp³-hybridized carbons (Fsp3) is 0.923. The van der Waals surface area contributed by atoms with Crippen LogP contribution in [0.15, 0.2) is 0 Å². The molecule has 0 aromatic rings. The van der Waals surface area contributed by atoms with Gasteiger partial charge in [0.1, 0.15) is 67.1 Å². The molecule has 20 heteroatoms. The monoisotopic (exact) mass is 853 g/mol. The molecule has 0 aromatic heterocycles. The van der Waals surface area contributed by atoms with E-state index in [4.69, 9.17) is 28.4 Å². The Kier molecular flexibility index (Phi) is 23.5. The lowest BCUT2D eigenvalue weighted by Gasteiger charge is -2.49. The van der Waals surface area contributed by atoms with Gasteiger partial charge in [-0.2, -0.15) is 0 Å². The van der Waals surface area contributed by atoms with Crippen molar-refractivity contribution in [1.82, 2.24) is 16.0 Å². The van der Waals surface area contributed by atoms with Crippen LogP contribution in [0.4, 0.5) is 0 Å². The number of hydrogen-bond acceptors (Lipinski definition) is 17. The number of aliphatic hydroxyl groups is 8. The van der Waals surface area contributed by atoms with Crippen molar-refractivity contribution in [1.29, 1.82) is 0 Å². The van der Waals surface area contributed by atoms with Crippen molar-refractivity contribution in [3.05, 3.63) is 0 Å². The third-order valence-electron chi connectivity index (χ3n) is 10.8. The van der Waals surface area contributed by atoms with E-state index in [2.05, 4.69) is 22.9 Å². The topological polar surface area (TPSA) is 305 Å². The van der Waals surface area contributed by atoms with E-state index in [1.54, 1.807) is 0 Å². The number of ether oxygens (including phenoxy) is 6. The molecule has 0 spiro atoms. The third kappa shape index (κ3) is 16.2. The molecule has 15 atom stereocenters. The Morgan fingerprint density at radius 3 is 1.73 bits per heavy atom. The van der Waals surface area contributed by atoms with Crippen molar-refractivity contribution in [2.24, 2.45) is 0 Å². The molecule has 0 saturated carbocycles. The quantitative estimate of drug-likeness (QED) is 0.0417. The van der Waals surface area contributed by atoms with Gasteiger partial charge in [0, 0.05) is 32.9 Å². The van der Waals surface area contributed by atoms with Gasteiger partial charge in [-0.15, -0.1) is 0 Å². The molecule has 3 aliphatic heterocycles. The molecule has 6 unspecified atom stereocenters. The number of carbonyl (C=O) groups excluding carboxylic acids is 3. The maximum atomic E-state index is 12.5. The first-order chi connectivity index (χ1) is 28.2. The van der Waals surface area contributed by atoms with Crippen molar-refractivity contribution in [2.45, 2.75) is 196 Å². The molecule has 0 radical (unpaired) electrons. The van der Waals surface area contributed by atoms with Gasteiger partial charge in [-0.3, -0.25) is 14.4 Å². The van der Waals surface area contributed by atoms with Crippen LogP contribution in [-0.4, -0.2) is 184 Å². The fourth-order valence-electron chi connectivity index (χ4n) is 7.23. The molecule has 20 nitrogen and oxygen atoms in total. The maximum absolute atomic E-state index is 12.5. The van der Waals surface area contributed by atoms with Crippen LogP contribution >= 0.6 is 0 Å². The van der Waals surface area contributed by atoms with E-state index in [-0.39, 0.29) is 37.8 Å². The van der Waals surface area contributed by atoms with Gasteiger partial charge in [0.15, 0.2) is 18.9 Å². The van der Waals surface area contributed by atoms with Gasteiger partial charge >= 0.3 is 0 Å². The number of unbranched alkanes of at least 4 members (excludes halogenated alkanes) is 8. The molecule has 3 heterocycles. The average molecular weight is 854 g/mol. The van der Waals surface area contributed by atoms with Gasteiger partial charge in [0.25, 0.3) is 0 Å². The van der Waals surface area contributed by atoms with E-state index in [0.717, 1.165) is 39.0 Å². The van der Waals surface area contributed by atoms with Gasteiger partial charge in [0.2, 0.25) is 17.7 Å².